The van der Waals surface area contributed by atoms with E-state index < -0.39 is 6.09 Å². The Labute approximate surface area is 126 Å². The molecule has 1 amide bonds. The number of benzene rings is 1. The fourth-order valence-electron chi connectivity index (χ4n) is 1.79. The van der Waals surface area contributed by atoms with Gasteiger partial charge in [-0.05, 0) is 37.0 Å². The van der Waals surface area contributed by atoms with E-state index in [4.69, 9.17) is 9.47 Å². The molecule has 5 heteroatoms. The summed E-state index contributed by atoms with van der Waals surface area (Å²) < 4.78 is 15.6. The van der Waals surface area contributed by atoms with E-state index in [1.165, 1.54) is 12.7 Å². The molecule has 0 heterocycles. The number of carbonyl (C=O) groups excluding carboxylic acids is 1. The minimum absolute atomic E-state index is 0.362. The van der Waals surface area contributed by atoms with E-state index in [-0.39, 0.29) is 6.29 Å². The maximum atomic E-state index is 10.8. The number of carbonyl (C=O) groups is 1. The summed E-state index contributed by atoms with van der Waals surface area (Å²) >= 11 is 0. The fourth-order valence-corrected chi connectivity index (χ4v) is 1.79. The smallest absolute Gasteiger partial charge is 0.406 e. The highest BCUT2D eigenvalue weighted by Crippen LogP contribution is 2.22. The molecule has 0 aliphatic carbocycles. The van der Waals surface area contributed by atoms with Gasteiger partial charge in [-0.25, -0.2) is 4.79 Å². The van der Waals surface area contributed by atoms with Gasteiger partial charge >= 0.3 is 6.09 Å². The molecule has 0 bridgehead atoms. The molecule has 2 atom stereocenters. The lowest BCUT2D eigenvalue weighted by atomic mass is 9.99. The highest BCUT2D eigenvalue weighted by molar-refractivity contribution is 5.66. The number of methoxy groups -OCH3 is 1. The fraction of sp³-hybridized carbons (Fsp3) is 0.562. The van der Waals surface area contributed by atoms with Gasteiger partial charge in [-0.2, -0.15) is 0 Å². The lowest BCUT2D eigenvalue weighted by molar-refractivity contribution is -0.0648. The van der Waals surface area contributed by atoms with Gasteiger partial charge in [0.25, 0.3) is 0 Å². The van der Waals surface area contributed by atoms with Gasteiger partial charge in [0.2, 0.25) is 0 Å². The van der Waals surface area contributed by atoms with Crippen LogP contribution in [0, 0.1) is 0 Å². The van der Waals surface area contributed by atoms with Crippen molar-refractivity contribution in [3.63, 3.8) is 0 Å². The van der Waals surface area contributed by atoms with Gasteiger partial charge in [0.05, 0.1) is 13.7 Å². The van der Waals surface area contributed by atoms with E-state index in [2.05, 4.69) is 36.0 Å². The van der Waals surface area contributed by atoms with Crippen LogP contribution < -0.4 is 10.1 Å². The quantitative estimate of drug-likeness (QED) is 0.590. The van der Waals surface area contributed by atoms with Crippen molar-refractivity contribution in [3.05, 3.63) is 29.8 Å². The van der Waals surface area contributed by atoms with E-state index in [0.717, 1.165) is 12.2 Å². The van der Waals surface area contributed by atoms with Crippen molar-refractivity contribution in [2.24, 2.45) is 0 Å². The highest BCUT2D eigenvalue weighted by atomic mass is 16.7. The molecule has 21 heavy (non-hydrogen) atoms. The Morgan fingerprint density at radius 2 is 1.90 bits per heavy atom. The molecule has 1 aromatic rings. The van der Waals surface area contributed by atoms with Crippen LogP contribution in [0.5, 0.6) is 5.75 Å². The molecule has 118 valence electrons. The van der Waals surface area contributed by atoms with Gasteiger partial charge in [0.15, 0.2) is 6.29 Å². The van der Waals surface area contributed by atoms with E-state index in [0.29, 0.717) is 19.1 Å². The Balaban J connectivity index is 2.31. The molecule has 0 aliphatic rings. The monoisotopic (exact) mass is 295 g/mol. The van der Waals surface area contributed by atoms with Crippen LogP contribution in [-0.4, -0.2) is 32.6 Å². The van der Waals surface area contributed by atoms with Gasteiger partial charge in [0.1, 0.15) is 5.75 Å². The molecule has 1 aromatic carbocycles. The van der Waals surface area contributed by atoms with Crippen LogP contribution in [0.3, 0.4) is 0 Å². The second-order valence-electron chi connectivity index (χ2n) is 4.85. The Morgan fingerprint density at radius 1 is 1.24 bits per heavy atom. The summed E-state index contributed by atoms with van der Waals surface area (Å²) in [6.07, 6.45) is 0.277. The van der Waals surface area contributed by atoms with E-state index in [9.17, 15) is 4.79 Å². The minimum Gasteiger partial charge on any atom is -0.465 e. The average Bonchev–Trinajstić information content (AvgIpc) is 2.51. The molecule has 0 fully saturated rings. The molecular formula is C16H25NO4. The van der Waals surface area contributed by atoms with Crippen LogP contribution in [0.2, 0.25) is 0 Å². The predicted octanol–water partition coefficient (Wildman–Crippen LogP) is 3.30. The van der Waals surface area contributed by atoms with Crippen LogP contribution in [-0.2, 0) is 9.47 Å². The standard InChI is InChI=1S/C16H25NO4/c1-5-12(2)14-6-8-15(9-7-14)21-13(3)20-11-10-17-16(18)19-4/h6-9,12-13H,5,10-11H2,1-4H3,(H,17,18). The second kappa shape index (κ2) is 9.23. The Morgan fingerprint density at radius 3 is 2.48 bits per heavy atom. The van der Waals surface area contributed by atoms with Crippen molar-refractivity contribution in [3.8, 4) is 5.75 Å². The summed E-state index contributed by atoms with van der Waals surface area (Å²) in [5.41, 5.74) is 1.31. The van der Waals surface area contributed by atoms with Crippen molar-refractivity contribution in [1.29, 1.82) is 0 Å². The van der Waals surface area contributed by atoms with Crippen molar-refractivity contribution < 1.29 is 19.0 Å². The number of amides is 1. The van der Waals surface area contributed by atoms with Gasteiger partial charge in [-0.15, -0.1) is 0 Å². The summed E-state index contributed by atoms with van der Waals surface area (Å²) in [4.78, 5) is 10.8. The molecule has 2 unspecified atom stereocenters. The molecule has 0 spiro atoms. The average molecular weight is 295 g/mol. The first-order valence-corrected chi connectivity index (χ1v) is 7.26. The first-order valence-electron chi connectivity index (χ1n) is 7.26. The zero-order chi connectivity index (χ0) is 15.7. The number of rotatable bonds is 8. The number of alkyl carbamates (subject to hydrolysis) is 1. The number of hydrogen-bond acceptors (Lipinski definition) is 4. The summed E-state index contributed by atoms with van der Waals surface area (Å²) in [6, 6.07) is 8.06. The third kappa shape index (κ3) is 6.49. The third-order valence-corrected chi connectivity index (χ3v) is 3.27. The van der Waals surface area contributed by atoms with Crippen LogP contribution in [0.4, 0.5) is 4.79 Å². The lowest BCUT2D eigenvalue weighted by Crippen LogP contribution is -2.29. The number of hydrogen-bond donors (Lipinski definition) is 1. The molecule has 0 aromatic heterocycles. The van der Waals surface area contributed by atoms with E-state index in [1.807, 2.05) is 19.1 Å². The molecule has 0 saturated carbocycles. The third-order valence-electron chi connectivity index (χ3n) is 3.27. The zero-order valence-electron chi connectivity index (χ0n) is 13.2. The van der Waals surface area contributed by atoms with Crippen molar-refractivity contribution in [1.82, 2.24) is 5.32 Å². The number of ether oxygens (including phenoxy) is 3. The summed E-state index contributed by atoms with van der Waals surface area (Å²) in [7, 11) is 1.32. The minimum atomic E-state index is -0.465. The first kappa shape index (κ1) is 17.3. The van der Waals surface area contributed by atoms with E-state index >= 15 is 0 Å². The largest absolute Gasteiger partial charge is 0.465 e. The molecule has 0 saturated heterocycles. The number of nitrogens with one attached hydrogen (secondary N) is 1. The van der Waals surface area contributed by atoms with Crippen LogP contribution in [0.15, 0.2) is 24.3 Å². The maximum Gasteiger partial charge on any atom is 0.406 e. The Bertz CT molecular complexity index is 419. The Kier molecular flexibility index (Phi) is 7.61. The zero-order valence-corrected chi connectivity index (χ0v) is 13.2. The highest BCUT2D eigenvalue weighted by Gasteiger charge is 2.06. The molecule has 0 aliphatic heterocycles. The molecule has 0 radical (unpaired) electrons. The molecule has 5 nitrogen and oxygen atoms in total. The maximum absolute atomic E-state index is 10.8. The summed E-state index contributed by atoms with van der Waals surface area (Å²) in [5, 5.41) is 2.54. The van der Waals surface area contributed by atoms with Crippen molar-refractivity contribution >= 4 is 6.09 Å². The van der Waals surface area contributed by atoms with Gasteiger partial charge in [-0.3, -0.25) is 0 Å². The van der Waals surface area contributed by atoms with E-state index in [1.54, 1.807) is 0 Å². The molecular weight excluding hydrogens is 270 g/mol. The van der Waals surface area contributed by atoms with Crippen molar-refractivity contribution in [2.75, 3.05) is 20.3 Å². The van der Waals surface area contributed by atoms with Gasteiger partial charge in [0, 0.05) is 6.54 Å². The van der Waals surface area contributed by atoms with Gasteiger partial charge in [-0.1, -0.05) is 26.0 Å². The predicted molar refractivity (Wildman–Crippen MR) is 81.6 cm³/mol. The van der Waals surface area contributed by atoms with Gasteiger partial charge < -0.3 is 19.5 Å². The Hall–Kier alpha value is -1.75. The first-order chi connectivity index (χ1) is 10.1. The summed E-state index contributed by atoms with van der Waals surface area (Å²) in [6.45, 7) is 6.94. The van der Waals surface area contributed by atoms with Crippen LogP contribution in [0.25, 0.3) is 0 Å². The SMILES string of the molecule is CCC(C)c1ccc(OC(C)OCCNC(=O)OC)cc1. The normalized spacial score (nSPS) is 13.3. The second-order valence-corrected chi connectivity index (χ2v) is 4.85. The summed E-state index contributed by atoms with van der Waals surface area (Å²) in [5.74, 6) is 1.33. The van der Waals surface area contributed by atoms with Crippen molar-refractivity contribution in [2.45, 2.75) is 39.4 Å². The van der Waals surface area contributed by atoms with Crippen LogP contribution >= 0.6 is 0 Å². The topological polar surface area (TPSA) is 56.8 Å². The molecule has 1 N–H and O–H groups in total. The van der Waals surface area contributed by atoms with Crippen LogP contribution in [0.1, 0.15) is 38.7 Å². The lowest BCUT2D eigenvalue weighted by Gasteiger charge is -2.16. The molecule has 1 rings (SSSR count).